The summed E-state index contributed by atoms with van der Waals surface area (Å²) in [6.45, 7) is 2.28. The molecule has 35 heavy (non-hydrogen) atoms. The van der Waals surface area contributed by atoms with Crippen LogP contribution in [0.4, 0.5) is 13.2 Å². The topological polar surface area (TPSA) is 49.9 Å². The van der Waals surface area contributed by atoms with Gasteiger partial charge in [0.2, 0.25) is 10.0 Å². The molecule has 0 saturated carbocycles. The quantitative estimate of drug-likeness (QED) is 0.422. The van der Waals surface area contributed by atoms with Gasteiger partial charge in [0.15, 0.2) is 11.6 Å². The van der Waals surface area contributed by atoms with Crippen LogP contribution in [0.15, 0.2) is 71.6 Å². The maximum Gasteiger partial charge on any atom is 0.244 e. The van der Waals surface area contributed by atoms with Gasteiger partial charge in [0.25, 0.3) is 0 Å². The second-order valence-electron chi connectivity index (χ2n) is 8.16. The number of rotatable bonds is 8. The Kier molecular flexibility index (Phi) is 8.13. The summed E-state index contributed by atoms with van der Waals surface area (Å²) in [5.41, 5.74) is 1.31. The Hall–Kier alpha value is -2.43. The Morgan fingerprint density at radius 2 is 1.57 bits per heavy atom. The molecule has 3 aromatic carbocycles. The molecule has 10 heteroatoms. The van der Waals surface area contributed by atoms with E-state index in [9.17, 15) is 21.6 Å². The fourth-order valence-electron chi connectivity index (χ4n) is 4.00. The Morgan fingerprint density at radius 1 is 0.857 bits per heavy atom. The maximum absolute atomic E-state index is 13.8. The molecule has 1 aliphatic rings. The van der Waals surface area contributed by atoms with E-state index >= 15 is 0 Å². The van der Waals surface area contributed by atoms with E-state index in [2.05, 4.69) is 4.90 Å². The number of halogens is 4. The summed E-state index contributed by atoms with van der Waals surface area (Å²) in [5, 5.41) is -0.148. The molecule has 0 aromatic heterocycles. The molecule has 1 heterocycles. The molecule has 3 aromatic rings. The van der Waals surface area contributed by atoms with Gasteiger partial charge in [-0.05, 0) is 41.5 Å². The van der Waals surface area contributed by atoms with Gasteiger partial charge < -0.3 is 4.74 Å². The van der Waals surface area contributed by atoms with Crippen molar-refractivity contribution >= 4 is 21.6 Å². The number of benzene rings is 3. The standard InChI is InChI=1S/C25H24ClF3N2O3S/c26-21-17-20(27)7-9-24(21)35(32,33)31-12-10-30(11-13-31)14-15-34-25(18-4-2-1-3-5-18)19-6-8-22(28)23(29)16-19/h1-9,16-17,25H,10-15H2. The van der Waals surface area contributed by atoms with Gasteiger partial charge in [-0.15, -0.1) is 0 Å². The van der Waals surface area contributed by atoms with E-state index in [4.69, 9.17) is 16.3 Å². The highest BCUT2D eigenvalue weighted by molar-refractivity contribution is 7.89. The average Bonchev–Trinajstić information content (AvgIpc) is 2.84. The lowest BCUT2D eigenvalue weighted by Crippen LogP contribution is -2.49. The van der Waals surface area contributed by atoms with Crippen LogP contribution in [0.1, 0.15) is 17.2 Å². The van der Waals surface area contributed by atoms with Crippen LogP contribution < -0.4 is 0 Å². The lowest BCUT2D eigenvalue weighted by molar-refractivity contribution is 0.0525. The van der Waals surface area contributed by atoms with Gasteiger partial charge in [0, 0.05) is 32.7 Å². The fraction of sp³-hybridized carbons (Fsp3) is 0.280. The Labute approximate surface area is 207 Å². The van der Waals surface area contributed by atoms with Crippen molar-refractivity contribution in [2.45, 2.75) is 11.0 Å². The molecule has 1 unspecified atom stereocenters. The molecule has 5 nitrogen and oxygen atoms in total. The second kappa shape index (κ2) is 11.1. The monoisotopic (exact) mass is 524 g/mol. The van der Waals surface area contributed by atoms with Crippen molar-refractivity contribution in [2.75, 3.05) is 39.3 Å². The van der Waals surface area contributed by atoms with E-state index in [0.29, 0.717) is 31.8 Å². The Balaban J connectivity index is 1.36. The molecular formula is C25H24ClF3N2O3S. The Bertz CT molecular complexity index is 1270. The van der Waals surface area contributed by atoms with Crippen molar-refractivity contribution in [3.8, 4) is 0 Å². The minimum Gasteiger partial charge on any atom is -0.367 e. The summed E-state index contributed by atoms with van der Waals surface area (Å²) in [6, 6.07) is 16.2. The normalized spacial score (nSPS) is 16.3. The third-order valence-electron chi connectivity index (χ3n) is 5.88. The first-order valence-corrected chi connectivity index (χ1v) is 12.9. The van der Waals surface area contributed by atoms with Crippen LogP contribution in [0.5, 0.6) is 0 Å². The van der Waals surface area contributed by atoms with Gasteiger partial charge in [-0.25, -0.2) is 21.6 Å². The molecule has 1 saturated heterocycles. The van der Waals surface area contributed by atoms with Crippen LogP contribution in [0.2, 0.25) is 5.02 Å². The van der Waals surface area contributed by atoms with Gasteiger partial charge in [0.05, 0.1) is 11.6 Å². The van der Waals surface area contributed by atoms with Gasteiger partial charge >= 0.3 is 0 Å². The van der Waals surface area contributed by atoms with Gasteiger partial charge in [0.1, 0.15) is 16.8 Å². The van der Waals surface area contributed by atoms with Crippen LogP contribution in [-0.4, -0.2) is 57.0 Å². The minimum atomic E-state index is -3.84. The first-order valence-electron chi connectivity index (χ1n) is 11.0. The van der Waals surface area contributed by atoms with Crippen LogP contribution in [-0.2, 0) is 14.8 Å². The van der Waals surface area contributed by atoms with E-state index in [1.54, 1.807) is 0 Å². The fourth-order valence-corrected chi connectivity index (χ4v) is 5.93. The largest absolute Gasteiger partial charge is 0.367 e. The predicted octanol–water partition coefficient (Wildman–Crippen LogP) is 4.87. The summed E-state index contributed by atoms with van der Waals surface area (Å²) in [5.74, 6) is -2.46. The molecule has 0 amide bonds. The zero-order chi connectivity index (χ0) is 25.0. The van der Waals surface area contributed by atoms with Crippen LogP contribution in [0.3, 0.4) is 0 Å². The van der Waals surface area contributed by atoms with Gasteiger partial charge in [-0.2, -0.15) is 4.31 Å². The van der Waals surface area contributed by atoms with Crippen molar-refractivity contribution in [1.82, 2.24) is 9.21 Å². The first-order chi connectivity index (χ1) is 16.8. The summed E-state index contributed by atoms with van der Waals surface area (Å²) >= 11 is 5.96. The first kappa shape index (κ1) is 25.7. The third-order valence-corrected chi connectivity index (χ3v) is 8.27. The zero-order valence-electron chi connectivity index (χ0n) is 18.7. The molecule has 0 N–H and O–H groups in total. The molecule has 1 fully saturated rings. The molecular weight excluding hydrogens is 501 g/mol. The molecule has 0 bridgehead atoms. The van der Waals surface area contributed by atoms with Gasteiger partial charge in [-0.1, -0.05) is 48.0 Å². The smallest absolute Gasteiger partial charge is 0.244 e. The van der Waals surface area contributed by atoms with Crippen LogP contribution >= 0.6 is 11.6 Å². The maximum atomic E-state index is 13.8. The Morgan fingerprint density at radius 3 is 2.23 bits per heavy atom. The van der Waals surface area contributed by atoms with Crippen molar-refractivity contribution in [1.29, 1.82) is 0 Å². The molecule has 0 radical (unpaired) electrons. The summed E-state index contributed by atoms with van der Waals surface area (Å²) in [7, 11) is -3.84. The lowest BCUT2D eigenvalue weighted by atomic mass is 10.0. The van der Waals surface area contributed by atoms with E-state index in [0.717, 1.165) is 29.8 Å². The van der Waals surface area contributed by atoms with E-state index < -0.39 is 33.6 Å². The van der Waals surface area contributed by atoms with Gasteiger partial charge in [-0.3, -0.25) is 4.90 Å². The SMILES string of the molecule is O=S(=O)(c1ccc(F)cc1Cl)N1CCN(CCOC(c2ccccc2)c2ccc(F)c(F)c2)CC1. The lowest BCUT2D eigenvalue weighted by Gasteiger charge is -2.34. The second-order valence-corrected chi connectivity index (χ2v) is 10.5. The van der Waals surface area contributed by atoms with Crippen LogP contribution in [0.25, 0.3) is 0 Å². The molecule has 1 aliphatic heterocycles. The number of nitrogens with zero attached hydrogens (tertiary/aromatic N) is 2. The van der Waals surface area contributed by atoms with Crippen molar-refractivity contribution in [3.05, 3.63) is 100 Å². The molecule has 4 rings (SSSR count). The van der Waals surface area contributed by atoms with E-state index in [1.807, 2.05) is 30.3 Å². The highest BCUT2D eigenvalue weighted by Crippen LogP contribution is 2.28. The zero-order valence-corrected chi connectivity index (χ0v) is 20.3. The molecule has 0 spiro atoms. The highest BCUT2D eigenvalue weighted by atomic mass is 35.5. The summed E-state index contributed by atoms with van der Waals surface area (Å²) < 4.78 is 73.8. The van der Waals surface area contributed by atoms with Crippen molar-refractivity contribution < 1.29 is 26.3 Å². The number of hydrogen-bond donors (Lipinski definition) is 0. The van der Waals surface area contributed by atoms with Crippen LogP contribution in [0, 0.1) is 17.5 Å². The number of hydrogen-bond acceptors (Lipinski definition) is 4. The minimum absolute atomic E-state index is 0.116. The number of sulfonamides is 1. The van der Waals surface area contributed by atoms with E-state index in [1.165, 1.54) is 16.4 Å². The molecule has 186 valence electrons. The third kappa shape index (κ3) is 6.05. The van der Waals surface area contributed by atoms with E-state index in [-0.39, 0.29) is 23.0 Å². The number of piperazine rings is 1. The summed E-state index contributed by atoms with van der Waals surface area (Å²) in [6.07, 6.45) is -0.575. The predicted molar refractivity (Wildman–Crippen MR) is 127 cm³/mol. The molecule has 0 aliphatic carbocycles. The molecule has 1 atom stereocenters. The van der Waals surface area contributed by atoms with Crippen molar-refractivity contribution in [2.24, 2.45) is 0 Å². The summed E-state index contributed by atoms with van der Waals surface area (Å²) in [4.78, 5) is 1.94. The highest BCUT2D eigenvalue weighted by Gasteiger charge is 2.30. The average molecular weight is 525 g/mol. The van der Waals surface area contributed by atoms with Crippen molar-refractivity contribution in [3.63, 3.8) is 0 Å². The number of ether oxygens (including phenoxy) is 1.